The van der Waals surface area contributed by atoms with E-state index in [9.17, 15) is 14.4 Å². The van der Waals surface area contributed by atoms with Crippen molar-refractivity contribution in [1.82, 2.24) is 4.98 Å². The van der Waals surface area contributed by atoms with E-state index in [0.29, 0.717) is 10.2 Å². The average molecular weight is 337 g/mol. The van der Waals surface area contributed by atoms with Gasteiger partial charge in [0.2, 0.25) is 5.56 Å². The summed E-state index contributed by atoms with van der Waals surface area (Å²) < 4.78 is 0.526. The van der Waals surface area contributed by atoms with Gasteiger partial charge in [0.15, 0.2) is 0 Å². The Hall–Kier alpha value is -2.41. The van der Waals surface area contributed by atoms with E-state index in [2.05, 4.69) is 26.2 Å². The molecule has 0 unspecified atom stereocenters. The smallest absolute Gasteiger partial charge is 0.335 e. The van der Waals surface area contributed by atoms with E-state index in [4.69, 9.17) is 5.11 Å². The van der Waals surface area contributed by atoms with Crippen molar-refractivity contribution in [3.8, 4) is 0 Å². The SMILES string of the molecule is O=C(O)c1cc(Br)cc(NC(=O)c2cc[nH]c(=O)c2)c1. The minimum Gasteiger partial charge on any atom is -0.478 e. The Balaban J connectivity index is 2.28. The number of halogens is 1. The minimum atomic E-state index is -1.10. The van der Waals surface area contributed by atoms with Crippen molar-refractivity contribution in [3.63, 3.8) is 0 Å². The summed E-state index contributed by atoms with van der Waals surface area (Å²) in [6.07, 6.45) is 1.36. The van der Waals surface area contributed by atoms with Crippen LogP contribution in [0.25, 0.3) is 0 Å². The number of amides is 1. The van der Waals surface area contributed by atoms with E-state index >= 15 is 0 Å². The fraction of sp³-hybridized carbons (Fsp3) is 0. The summed E-state index contributed by atoms with van der Waals surface area (Å²) in [6, 6.07) is 6.93. The van der Waals surface area contributed by atoms with E-state index in [-0.39, 0.29) is 11.1 Å². The van der Waals surface area contributed by atoms with Crippen molar-refractivity contribution in [1.29, 1.82) is 0 Å². The lowest BCUT2D eigenvalue weighted by Gasteiger charge is -2.07. The van der Waals surface area contributed by atoms with Gasteiger partial charge in [-0.15, -0.1) is 0 Å². The van der Waals surface area contributed by atoms with E-state index in [1.54, 1.807) is 6.07 Å². The summed E-state index contributed by atoms with van der Waals surface area (Å²) in [5, 5.41) is 11.5. The Morgan fingerprint density at radius 3 is 2.55 bits per heavy atom. The highest BCUT2D eigenvalue weighted by Gasteiger charge is 2.10. The van der Waals surface area contributed by atoms with Gasteiger partial charge in [0, 0.05) is 28.0 Å². The predicted molar refractivity (Wildman–Crippen MR) is 76.1 cm³/mol. The second kappa shape index (κ2) is 5.70. The minimum absolute atomic E-state index is 0.0422. The van der Waals surface area contributed by atoms with Gasteiger partial charge in [0.25, 0.3) is 5.91 Å². The molecule has 0 bridgehead atoms. The Morgan fingerprint density at radius 2 is 1.90 bits per heavy atom. The molecular formula is C13H9BrN2O4. The molecular weight excluding hydrogens is 328 g/mol. The standard InChI is InChI=1S/C13H9BrN2O4/c14-9-3-8(13(19)20)4-10(6-9)16-12(18)7-1-2-15-11(17)5-7/h1-6H,(H,15,17)(H,16,18)(H,19,20). The van der Waals surface area contributed by atoms with Gasteiger partial charge in [-0.2, -0.15) is 0 Å². The van der Waals surface area contributed by atoms with Gasteiger partial charge in [-0.3, -0.25) is 9.59 Å². The first-order valence-electron chi connectivity index (χ1n) is 5.50. The lowest BCUT2D eigenvalue weighted by Crippen LogP contribution is -2.15. The second-order valence-corrected chi connectivity index (χ2v) is 4.85. The number of rotatable bonds is 3. The first kappa shape index (κ1) is 14.0. The lowest BCUT2D eigenvalue weighted by molar-refractivity contribution is 0.0696. The number of aromatic amines is 1. The molecule has 0 aliphatic rings. The summed E-state index contributed by atoms with van der Waals surface area (Å²) in [5.74, 6) is -1.59. The molecule has 1 heterocycles. The second-order valence-electron chi connectivity index (χ2n) is 3.93. The summed E-state index contributed by atoms with van der Waals surface area (Å²) >= 11 is 3.17. The molecule has 0 radical (unpaired) electrons. The normalized spacial score (nSPS) is 10.1. The molecule has 0 saturated heterocycles. The number of carbonyl (C=O) groups excluding carboxylic acids is 1. The van der Waals surface area contributed by atoms with Crippen LogP contribution in [-0.4, -0.2) is 22.0 Å². The summed E-state index contributed by atoms with van der Waals surface area (Å²) in [4.78, 5) is 36.4. The van der Waals surface area contributed by atoms with Crippen molar-refractivity contribution in [2.45, 2.75) is 0 Å². The topological polar surface area (TPSA) is 99.3 Å². The monoisotopic (exact) mass is 336 g/mol. The summed E-state index contributed by atoms with van der Waals surface area (Å²) in [6.45, 7) is 0. The van der Waals surface area contributed by atoms with Crippen LogP contribution in [0.1, 0.15) is 20.7 Å². The number of aromatic nitrogens is 1. The highest BCUT2D eigenvalue weighted by Crippen LogP contribution is 2.20. The van der Waals surface area contributed by atoms with E-state index in [0.717, 1.165) is 6.07 Å². The molecule has 6 nitrogen and oxygen atoms in total. The molecule has 3 N–H and O–H groups in total. The highest BCUT2D eigenvalue weighted by molar-refractivity contribution is 9.10. The fourth-order valence-corrected chi connectivity index (χ4v) is 2.07. The average Bonchev–Trinajstić information content (AvgIpc) is 2.37. The van der Waals surface area contributed by atoms with E-state index in [1.807, 2.05) is 0 Å². The summed E-state index contributed by atoms with van der Waals surface area (Å²) in [7, 11) is 0. The maximum Gasteiger partial charge on any atom is 0.335 e. The number of anilines is 1. The van der Waals surface area contributed by atoms with Crippen LogP contribution >= 0.6 is 15.9 Å². The molecule has 2 rings (SSSR count). The molecule has 7 heteroatoms. The molecule has 0 aliphatic carbocycles. The number of benzene rings is 1. The Labute approximate surface area is 121 Å². The molecule has 0 saturated carbocycles. The number of hydrogen-bond donors (Lipinski definition) is 3. The van der Waals surface area contributed by atoms with Crippen LogP contribution in [0, 0.1) is 0 Å². The van der Waals surface area contributed by atoms with Gasteiger partial charge in [-0.1, -0.05) is 15.9 Å². The molecule has 2 aromatic rings. The first-order chi connectivity index (χ1) is 9.45. The number of carboxylic acid groups (broad SMARTS) is 1. The van der Waals surface area contributed by atoms with Crippen LogP contribution in [0.5, 0.6) is 0 Å². The largest absolute Gasteiger partial charge is 0.478 e. The number of H-pyrrole nitrogens is 1. The number of carbonyl (C=O) groups is 2. The molecule has 20 heavy (non-hydrogen) atoms. The third-order valence-corrected chi connectivity index (χ3v) is 2.90. The van der Waals surface area contributed by atoms with Gasteiger partial charge >= 0.3 is 5.97 Å². The number of nitrogens with one attached hydrogen (secondary N) is 2. The Bertz CT molecular complexity index is 739. The Kier molecular flexibility index (Phi) is 3.99. The quantitative estimate of drug-likeness (QED) is 0.798. The maximum atomic E-state index is 11.9. The van der Waals surface area contributed by atoms with Crippen molar-refractivity contribution in [2.75, 3.05) is 5.32 Å². The predicted octanol–water partition coefficient (Wildman–Crippen LogP) is 2.09. The fourth-order valence-electron chi connectivity index (χ4n) is 1.57. The molecule has 1 aromatic heterocycles. The molecule has 1 aromatic carbocycles. The van der Waals surface area contributed by atoms with Gasteiger partial charge in [-0.25, -0.2) is 4.79 Å². The van der Waals surface area contributed by atoms with Gasteiger partial charge in [-0.05, 0) is 24.3 Å². The highest BCUT2D eigenvalue weighted by atomic mass is 79.9. The lowest BCUT2D eigenvalue weighted by atomic mass is 10.2. The van der Waals surface area contributed by atoms with Crippen LogP contribution in [0.15, 0.2) is 45.8 Å². The molecule has 102 valence electrons. The number of hydrogen-bond acceptors (Lipinski definition) is 3. The van der Waals surface area contributed by atoms with Crippen molar-refractivity contribution >= 4 is 33.5 Å². The first-order valence-corrected chi connectivity index (χ1v) is 6.29. The van der Waals surface area contributed by atoms with Crippen molar-refractivity contribution in [2.24, 2.45) is 0 Å². The molecule has 0 fully saturated rings. The zero-order valence-corrected chi connectivity index (χ0v) is 11.6. The Morgan fingerprint density at radius 1 is 1.15 bits per heavy atom. The zero-order valence-electron chi connectivity index (χ0n) is 10.0. The van der Waals surface area contributed by atoms with Crippen LogP contribution in [-0.2, 0) is 0 Å². The zero-order chi connectivity index (χ0) is 14.7. The van der Waals surface area contributed by atoms with E-state index < -0.39 is 17.4 Å². The van der Waals surface area contributed by atoms with Crippen molar-refractivity contribution in [3.05, 3.63) is 62.5 Å². The van der Waals surface area contributed by atoms with E-state index in [1.165, 1.54) is 24.4 Å². The molecule has 0 atom stereocenters. The molecule has 1 amide bonds. The van der Waals surface area contributed by atoms with Gasteiger partial charge < -0.3 is 15.4 Å². The van der Waals surface area contributed by atoms with Crippen LogP contribution in [0.4, 0.5) is 5.69 Å². The molecule has 0 aliphatic heterocycles. The van der Waals surface area contributed by atoms with Crippen LogP contribution < -0.4 is 10.9 Å². The summed E-state index contributed by atoms with van der Waals surface area (Å²) in [5.41, 5.74) is 0.159. The number of carboxylic acids is 1. The third-order valence-electron chi connectivity index (χ3n) is 2.44. The van der Waals surface area contributed by atoms with Crippen LogP contribution in [0.2, 0.25) is 0 Å². The van der Waals surface area contributed by atoms with Crippen molar-refractivity contribution < 1.29 is 14.7 Å². The van der Waals surface area contributed by atoms with Gasteiger partial charge in [0.05, 0.1) is 5.56 Å². The number of aromatic carboxylic acids is 1. The van der Waals surface area contributed by atoms with Crippen LogP contribution in [0.3, 0.4) is 0 Å². The third kappa shape index (κ3) is 3.33. The maximum absolute atomic E-state index is 11.9. The number of pyridine rings is 1. The molecule has 0 spiro atoms. The van der Waals surface area contributed by atoms with Gasteiger partial charge in [0.1, 0.15) is 0 Å².